The van der Waals surface area contributed by atoms with Gasteiger partial charge in [-0.3, -0.25) is 4.79 Å². The molecule has 1 heterocycles. The number of carbonyl (C=O) groups is 2. The van der Waals surface area contributed by atoms with Crippen molar-refractivity contribution in [2.75, 3.05) is 0 Å². The second-order valence-corrected chi connectivity index (χ2v) is 7.18. The molecule has 1 aromatic heterocycles. The number of carboxylic acids is 1. The Morgan fingerprint density at radius 3 is 2.81 bits per heavy atom. The van der Waals surface area contributed by atoms with Gasteiger partial charge in [0.25, 0.3) is 0 Å². The van der Waals surface area contributed by atoms with Gasteiger partial charge in [-0.05, 0) is 43.9 Å². The van der Waals surface area contributed by atoms with Gasteiger partial charge in [-0.15, -0.1) is 11.3 Å². The number of carboxylic acid groups (broad SMARTS) is 1. The molecule has 5 heteroatoms. The molecule has 2 N–H and O–H groups in total. The van der Waals surface area contributed by atoms with Crippen LogP contribution in [0.5, 0.6) is 0 Å². The van der Waals surface area contributed by atoms with E-state index in [-0.39, 0.29) is 5.91 Å². The summed E-state index contributed by atoms with van der Waals surface area (Å²) >= 11 is 1.60. The summed E-state index contributed by atoms with van der Waals surface area (Å²) < 4.78 is 0. The van der Waals surface area contributed by atoms with Crippen molar-refractivity contribution >= 4 is 29.3 Å². The highest BCUT2D eigenvalue weighted by molar-refractivity contribution is 7.12. The van der Waals surface area contributed by atoms with Crippen LogP contribution in [0.2, 0.25) is 0 Å². The predicted octanol–water partition coefficient (Wildman–Crippen LogP) is 3.22. The zero-order valence-corrected chi connectivity index (χ0v) is 13.2. The van der Waals surface area contributed by atoms with Crippen LogP contribution in [-0.4, -0.2) is 22.5 Å². The zero-order chi connectivity index (χ0) is 15.5. The topological polar surface area (TPSA) is 66.4 Å². The Morgan fingerprint density at radius 1 is 1.48 bits per heavy atom. The number of hydrogen-bond donors (Lipinski definition) is 2. The first-order valence-electron chi connectivity index (χ1n) is 7.21. The third-order valence-corrected chi connectivity index (χ3v) is 4.90. The average Bonchev–Trinajstić information content (AvgIpc) is 2.82. The quantitative estimate of drug-likeness (QED) is 0.839. The van der Waals surface area contributed by atoms with Gasteiger partial charge in [-0.25, -0.2) is 4.79 Å². The van der Waals surface area contributed by atoms with Gasteiger partial charge < -0.3 is 10.4 Å². The number of amides is 1. The number of aliphatic carboxylic acids is 1. The van der Waals surface area contributed by atoms with Gasteiger partial charge in [0.15, 0.2) is 0 Å². The standard InChI is InChI=1S/C16H21NO3S/c1-11-4-3-9-16(10-11,15(19)20)17-14(18)8-7-13-6-5-12(2)21-13/h5-8,11H,3-4,9-10H2,1-2H3,(H,17,18)(H,19,20). The van der Waals surface area contributed by atoms with Crippen molar-refractivity contribution in [3.63, 3.8) is 0 Å². The van der Waals surface area contributed by atoms with Gasteiger partial charge >= 0.3 is 5.97 Å². The Kier molecular flexibility index (Phi) is 4.83. The van der Waals surface area contributed by atoms with E-state index in [1.165, 1.54) is 11.0 Å². The molecule has 1 fully saturated rings. The molecule has 0 spiro atoms. The SMILES string of the molecule is Cc1ccc(C=CC(=O)NC2(C(=O)O)CCCC(C)C2)s1. The van der Waals surface area contributed by atoms with Crippen molar-refractivity contribution < 1.29 is 14.7 Å². The fourth-order valence-corrected chi connectivity index (χ4v) is 3.67. The molecule has 0 aliphatic heterocycles. The van der Waals surface area contributed by atoms with Crippen LogP contribution in [-0.2, 0) is 9.59 Å². The second-order valence-electron chi connectivity index (χ2n) is 5.86. The molecule has 114 valence electrons. The van der Waals surface area contributed by atoms with Gasteiger partial charge in [0.2, 0.25) is 5.91 Å². The molecule has 2 rings (SSSR count). The first-order valence-corrected chi connectivity index (χ1v) is 8.03. The van der Waals surface area contributed by atoms with Crippen LogP contribution in [0.15, 0.2) is 18.2 Å². The van der Waals surface area contributed by atoms with Crippen molar-refractivity contribution in [2.45, 2.75) is 45.1 Å². The summed E-state index contributed by atoms with van der Waals surface area (Å²) in [6, 6.07) is 3.93. The molecule has 1 aliphatic rings. The van der Waals surface area contributed by atoms with Gasteiger partial charge in [0.05, 0.1) is 0 Å². The summed E-state index contributed by atoms with van der Waals surface area (Å²) in [7, 11) is 0. The van der Waals surface area contributed by atoms with Crippen LogP contribution in [0.3, 0.4) is 0 Å². The fourth-order valence-electron chi connectivity index (χ4n) is 2.89. The van der Waals surface area contributed by atoms with E-state index in [1.54, 1.807) is 17.4 Å². The van der Waals surface area contributed by atoms with Gasteiger partial charge in [0.1, 0.15) is 5.54 Å². The molecule has 0 radical (unpaired) electrons. The molecule has 4 nitrogen and oxygen atoms in total. The lowest BCUT2D eigenvalue weighted by Crippen LogP contribution is -2.56. The monoisotopic (exact) mass is 307 g/mol. The van der Waals surface area contributed by atoms with Crippen LogP contribution in [0.1, 0.15) is 42.4 Å². The normalized spacial score (nSPS) is 25.9. The van der Waals surface area contributed by atoms with E-state index in [0.29, 0.717) is 18.8 Å². The number of rotatable bonds is 4. The Labute approximate surface area is 128 Å². The predicted molar refractivity (Wildman–Crippen MR) is 84.2 cm³/mol. The molecule has 0 aromatic carbocycles. The van der Waals surface area contributed by atoms with Crippen molar-refractivity contribution in [3.05, 3.63) is 28.0 Å². The first kappa shape index (κ1) is 15.8. The Hall–Kier alpha value is -1.62. The van der Waals surface area contributed by atoms with E-state index < -0.39 is 11.5 Å². The average molecular weight is 307 g/mol. The van der Waals surface area contributed by atoms with E-state index in [9.17, 15) is 14.7 Å². The zero-order valence-electron chi connectivity index (χ0n) is 12.4. The van der Waals surface area contributed by atoms with Gasteiger partial charge in [-0.2, -0.15) is 0 Å². The molecule has 0 saturated heterocycles. The fraction of sp³-hybridized carbons (Fsp3) is 0.500. The number of aryl methyl sites for hydroxylation is 1. The van der Waals surface area contributed by atoms with Crippen molar-refractivity contribution in [1.82, 2.24) is 5.32 Å². The maximum atomic E-state index is 12.1. The highest BCUT2D eigenvalue weighted by atomic mass is 32.1. The Bertz CT molecular complexity index is 564. The first-order chi connectivity index (χ1) is 9.91. The molecule has 2 unspecified atom stereocenters. The maximum absolute atomic E-state index is 12.1. The number of nitrogens with one attached hydrogen (secondary N) is 1. The van der Waals surface area contributed by atoms with Crippen molar-refractivity contribution in [2.24, 2.45) is 5.92 Å². The van der Waals surface area contributed by atoms with E-state index in [0.717, 1.165) is 17.7 Å². The van der Waals surface area contributed by atoms with Crippen molar-refractivity contribution in [1.29, 1.82) is 0 Å². The Balaban J connectivity index is 2.05. The Morgan fingerprint density at radius 2 is 2.24 bits per heavy atom. The summed E-state index contributed by atoms with van der Waals surface area (Å²) in [4.78, 5) is 25.8. The van der Waals surface area contributed by atoms with Gasteiger partial charge in [-0.1, -0.05) is 19.8 Å². The number of carbonyl (C=O) groups excluding carboxylic acids is 1. The summed E-state index contributed by atoms with van der Waals surface area (Å²) in [6.07, 6.45) is 6.02. The highest BCUT2D eigenvalue weighted by Gasteiger charge is 2.42. The van der Waals surface area contributed by atoms with E-state index >= 15 is 0 Å². The lowest BCUT2D eigenvalue weighted by Gasteiger charge is -2.36. The van der Waals surface area contributed by atoms with Crippen LogP contribution in [0, 0.1) is 12.8 Å². The van der Waals surface area contributed by atoms with Crippen LogP contribution >= 0.6 is 11.3 Å². The molecule has 1 amide bonds. The molecular formula is C16H21NO3S. The molecule has 1 aromatic rings. The lowest BCUT2D eigenvalue weighted by atomic mass is 9.76. The summed E-state index contributed by atoms with van der Waals surface area (Å²) in [6.45, 7) is 4.04. The minimum atomic E-state index is -1.11. The highest BCUT2D eigenvalue weighted by Crippen LogP contribution is 2.32. The molecular weight excluding hydrogens is 286 g/mol. The van der Waals surface area contributed by atoms with E-state index in [4.69, 9.17) is 0 Å². The summed E-state index contributed by atoms with van der Waals surface area (Å²) in [5, 5.41) is 12.2. The van der Waals surface area contributed by atoms with E-state index in [1.807, 2.05) is 26.0 Å². The molecule has 21 heavy (non-hydrogen) atoms. The minimum Gasteiger partial charge on any atom is -0.480 e. The smallest absolute Gasteiger partial charge is 0.329 e. The number of thiophene rings is 1. The summed E-state index contributed by atoms with van der Waals surface area (Å²) in [5.74, 6) is -0.945. The lowest BCUT2D eigenvalue weighted by molar-refractivity contribution is -0.149. The van der Waals surface area contributed by atoms with Crippen LogP contribution in [0.4, 0.5) is 0 Å². The molecule has 1 aliphatic carbocycles. The third-order valence-electron chi connectivity index (χ3n) is 3.93. The molecule has 1 saturated carbocycles. The van der Waals surface area contributed by atoms with Crippen LogP contribution in [0.25, 0.3) is 6.08 Å². The maximum Gasteiger partial charge on any atom is 0.329 e. The molecule has 2 atom stereocenters. The largest absolute Gasteiger partial charge is 0.480 e. The third kappa shape index (κ3) is 3.94. The van der Waals surface area contributed by atoms with Crippen molar-refractivity contribution in [3.8, 4) is 0 Å². The summed E-state index contributed by atoms with van der Waals surface area (Å²) in [5.41, 5.74) is -1.11. The van der Waals surface area contributed by atoms with E-state index in [2.05, 4.69) is 5.32 Å². The second kappa shape index (κ2) is 6.43. The number of hydrogen-bond acceptors (Lipinski definition) is 3. The van der Waals surface area contributed by atoms with Gasteiger partial charge in [0, 0.05) is 15.8 Å². The minimum absolute atomic E-state index is 0.319. The molecule has 0 bridgehead atoms. The van der Waals surface area contributed by atoms with Crippen LogP contribution < -0.4 is 5.32 Å².